The van der Waals surface area contributed by atoms with E-state index in [1.165, 1.54) is 12.1 Å². The van der Waals surface area contributed by atoms with Gasteiger partial charge in [0.05, 0.1) is 24.9 Å². The van der Waals surface area contributed by atoms with E-state index in [2.05, 4.69) is 20.9 Å². The molecule has 0 unspecified atom stereocenters. The maximum atomic E-state index is 13.0. The molecule has 0 radical (unpaired) electrons. The standard InChI is InChI=1S/C20H28FN5O3/c1-13(2)22-20(28)23-17-8-7-16(29-19(17)12-27)9-10-26-11-18(24-25-26)14-3-5-15(21)6-4-14/h3-6,11,13,16-17,19,27H,7-10,12H2,1-2H3,(H2,22,23,28)/t16-,17+,19+/m0/s1. The minimum Gasteiger partial charge on any atom is -0.394 e. The average molecular weight is 405 g/mol. The zero-order valence-electron chi connectivity index (χ0n) is 16.7. The van der Waals surface area contributed by atoms with Gasteiger partial charge in [0, 0.05) is 18.2 Å². The zero-order chi connectivity index (χ0) is 20.8. The Labute approximate surface area is 169 Å². The molecule has 3 N–H and O–H groups in total. The number of rotatable bonds is 7. The smallest absolute Gasteiger partial charge is 0.315 e. The minimum absolute atomic E-state index is 0.0307. The summed E-state index contributed by atoms with van der Waals surface area (Å²) in [5.41, 5.74) is 1.49. The van der Waals surface area contributed by atoms with Crippen molar-refractivity contribution in [1.29, 1.82) is 0 Å². The first kappa shape index (κ1) is 21.2. The normalized spacial score (nSPS) is 21.9. The molecule has 0 spiro atoms. The molecule has 29 heavy (non-hydrogen) atoms. The molecule has 0 bridgehead atoms. The monoisotopic (exact) mass is 405 g/mol. The lowest BCUT2D eigenvalue weighted by molar-refractivity contribution is -0.0908. The Bertz CT molecular complexity index is 796. The molecule has 1 aromatic carbocycles. The number of nitrogens with zero attached hydrogens (tertiary/aromatic N) is 3. The molecule has 2 amide bonds. The summed E-state index contributed by atoms with van der Waals surface area (Å²) in [7, 11) is 0. The first-order valence-electron chi connectivity index (χ1n) is 9.94. The van der Waals surface area contributed by atoms with Crippen LogP contribution in [0.5, 0.6) is 0 Å². The molecule has 1 saturated heterocycles. The number of carbonyl (C=O) groups excluding carboxylic acids is 1. The third-order valence-corrected chi connectivity index (χ3v) is 4.89. The van der Waals surface area contributed by atoms with Crippen LogP contribution in [0.1, 0.15) is 33.1 Å². The molecule has 158 valence electrons. The van der Waals surface area contributed by atoms with Crippen molar-refractivity contribution >= 4 is 6.03 Å². The van der Waals surface area contributed by atoms with E-state index >= 15 is 0 Å². The molecular weight excluding hydrogens is 377 g/mol. The molecule has 3 atom stereocenters. The van der Waals surface area contributed by atoms with Crippen LogP contribution in [-0.2, 0) is 11.3 Å². The van der Waals surface area contributed by atoms with E-state index in [9.17, 15) is 14.3 Å². The number of hydrogen-bond acceptors (Lipinski definition) is 5. The Hall–Kier alpha value is -2.52. The van der Waals surface area contributed by atoms with E-state index in [1.54, 1.807) is 16.8 Å². The number of amides is 2. The number of aryl methyl sites for hydroxylation is 1. The second-order valence-electron chi connectivity index (χ2n) is 7.60. The summed E-state index contributed by atoms with van der Waals surface area (Å²) in [4.78, 5) is 11.9. The van der Waals surface area contributed by atoms with E-state index in [4.69, 9.17) is 4.74 Å². The highest BCUT2D eigenvalue weighted by atomic mass is 19.1. The van der Waals surface area contributed by atoms with Crippen molar-refractivity contribution in [2.24, 2.45) is 0 Å². The van der Waals surface area contributed by atoms with Crippen molar-refractivity contribution < 1.29 is 19.0 Å². The number of ether oxygens (including phenoxy) is 1. The second-order valence-corrected chi connectivity index (χ2v) is 7.60. The Kier molecular flexibility index (Phi) is 7.16. The van der Waals surface area contributed by atoms with Gasteiger partial charge in [0.1, 0.15) is 17.6 Å². The van der Waals surface area contributed by atoms with Crippen molar-refractivity contribution in [2.75, 3.05) is 6.61 Å². The summed E-state index contributed by atoms with van der Waals surface area (Å²) in [5.74, 6) is -0.288. The molecule has 3 rings (SSSR count). The van der Waals surface area contributed by atoms with Gasteiger partial charge in [-0.3, -0.25) is 4.68 Å². The van der Waals surface area contributed by atoms with Gasteiger partial charge in [0.15, 0.2) is 0 Å². The van der Waals surface area contributed by atoms with Gasteiger partial charge in [-0.2, -0.15) is 0 Å². The largest absolute Gasteiger partial charge is 0.394 e. The number of aliphatic hydroxyl groups is 1. The first-order chi connectivity index (χ1) is 13.9. The highest BCUT2D eigenvalue weighted by Gasteiger charge is 2.31. The lowest BCUT2D eigenvalue weighted by atomic mass is 9.97. The van der Waals surface area contributed by atoms with E-state index in [0.29, 0.717) is 18.7 Å². The van der Waals surface area contributed by atoms with Gasteiger partial charge < -0.3 is 20.5 Å². The van der Waals surface area contributed by atoms with Crippen LogP contribution in [0.2, 0.25) is 0 Å². The topological polar surface area (TPSA) is 101 Å². The fourth-order valence-electron chi connectivity index (χ4n) is 3.42. The Morgan fingerprint density at radius 1 is 1.34 bits per heavy atom. The van der Waals surface area contributed by atoms with Crippen LogP contribution in [0.25, 0.3) is 11.3 Å². The quantitative estimate of drug-likeness (QED) is 0.655. The minimum atomic E-state index is -0.433. The predicted molar refractivity (Wildman–Crippen MR) is 106 cm³/mol. The van der Waals surface area contributed by atoms with Gasteiger partial charge in [-0.15, -0.1) is 5.10 Å². The van der Waals surface area contributed by atoms with Gasteiger partial charge in [-0.25, -0.2) is 9.18 Å². The summed E-state index contributed by atoms with van der Waals surface area (Å²) < 4.78 is 20.8. The van der Waals surface area contributed by atoms with Crippen LogP contribution < -0.4 is 10.6 Å². The number of carbonyl (C=O) groups is 1. The molecule has 1 aromatic heterocycles. The fourth-order valence-corrected chi connectivity index (χ4v) is 3.42. The van der Waals surface area contributed by atoms with E-state index in [-0.39, 0.29) is 36.6 Å². The van der Waals surface area contributed by atoms with Gasteiger partial charge in [-0.1, -0.05) is 5.21 Å². The van der Waals surface area contributed by atoms with Crippen LogP contribution in [0, 0.1) is 5.82 Å². The van der Waals surface area contributed by atoms with Crippen LogP contribution in [0.15, 0.2) is 30.5 Å². The molecule has 0 saturated carbocycles. The van der Waals surface area contributed by atoms with Crippen molar-refractivity contribution in [3.8, 4) is 11.3 Å². The first-order valence-corrected chi connectivity index (χ1v) is 9.94. The summed E-state index contributed by atoms with van der Waals surface area (Å²) in [5, 5.41) is 23.6. The molecule has 1 aliphatic heterocycles. The maximum absolute atomic E-state index is 13.0. The van der Waals surface area contributed by atoms with Crippen LogP contribution >= 0.6 is 0 Å². The van der Waals surface area contributed by atoms with Crippen molar-refractivity contribution in [3.05, 3.63) is 36.3 Å². The van der Waals surface area contributed by atoms with Crippen molar-refractivity contribution in [3.63, 3.8) is 0 Å². The number of benzene rings is 1. The Morgan fingerprint density at radius 3 is 2.79 bits per heavy atom. The molecule has 0 aliphatic carbocycles. The van der Waals surface area contributed by atoms with E-state index in [1.807, 2.05) is 20.0 Å². The molecule has 9 heteroatoms. The lowest BCUT2D eigenvalue weighted by Crippen LogP contribution is -2.54. The van der Waals surface area contributed by atoms with Crippen LogP contribution in [0.3, 0.4) is 0 Å². The third-order valence-electron chi connectivity index (χ3n) is 4.89. The van der Waals surface area contributed by atoms with E-state index in [0.717, 1.165) is 18.4 Å². The SMILES string of the molecule is CC(C)NC(=O)N[C@@H]1CC[C@@H](CCn2cc(-c3ccc(F)cc3)nn2)O[C@@H]1CO. The molecule has 1 aliphatic rings. The third kappa shape index (κ3) is 5.98. The maximum Gasteiger partial charge on any atom is 0.315 e. The number of hydrogen-bond donors (Lipinski definition) is 3. The fraction of sp³-hybridized carbons (Fsp3) is 0.550. The molecule has 8 nitrogen and oxygen atoms in total. The van der Waals surface area contributed by atoms with E-state index < -0.39 is 6.10 Å². The Morgan fingerprint density at radius 2 is 2.10 bits per heavy atom. The molecule has 2 aromatic rings. The number of aliphatic hydroxyl groups excluding tert-OH is 1. The summed E-state index contributed by atoms with van der Waals surface area (Å²) in [6.45, 7) is 4.24. The summed E-state index contributed by atoms with van der Waals surface area (Å²) >= 11 is 0. The number of aromatic nitrogens is 3. The highest BCUT2D eigenvalue weighted by molar-refractivity contribution is 5.74. The number of urea groups is 1. The van der Waals surface area contributed by atoms with Gasteiger partial charge in [-0.05, 0) is 57.4 Å². The van der Waals surface area contributed by atoms with Gasteiger partial charge >= 0.3 is 6.03 Å². The second kappa shape index (κ2) is 9.80. The summed E-state index contributed by atoms with van der Waals surface area (Å²) in [6, 6.07) is 5.70. The molecular formula is C20H28FN5O3. The molecule has 1 fully saturated rings. The van der Waals surface area contributed by atoms with Crippen LogP contribution in [0.4, 0.5) is 9.18 Å². The van der Waals surface area contributed by atoms with Gasteiger partial charge in [0.2, 0.25) is 0 Å². The van der Waals surface area contributed by atoms with Crippen molar-refractivity contribution in [1.82, 2.24) is 25.6 Å². The number of nitrogens with one attached hydrogen (secondary N) is 2. The summed E-state index contributed by atoms with van der Waals surface area (Å²) in [6.07, 6.45) is 3.59. The van der Waals surface area contributed by atoms with Crippen LogP contribution in [-0.4, -0.2) is 57.0 Å². The molecule has 2 heterocycles. The number of halogens is 1. The lowest BCUT2D eigenvalue weighted by Gasteiger charge is -2.36. The zero-order valence-corrected chi connectivity index (χ0v) is 16.7. The van der Waals surface area contributed by atoms with Crippen molar-refractivity contribution in [2.45, 2.75) is 63.9 Å². The Balaban J connectivity index is 1.49. The highest BCUT2D eigenvalue weighted by Crippen LogP contribution is 2.23. The van der Waals surface area contributed by atoms with Gasteiger partial charge in [0.25, 0.3) is 0 Å². The average Bonchev–Trinajstić information content (AvgIpc) is 3.16. The predicted octanol–water partition coefficient (Wildman–Crippen LogP) is 2.09.